The van der Waals surface area contributed by atoms with Crippen LogP contribution in [-0.4, -0.2) is 49.9 Å². The summed E-state index contributed by atoms with van der Waals surface area (Å²) in [5, 5.41) is 13.4. The third kappa shape index (κ3) is 2.55. The van der Waals surface area contributed by atoms with Crippen LogP contribution in [0.25, 0.3) is 0 Å². The van der Waals surface area contributed by atoms with Crippen LogP contribution in [0.1, 0.15) is 5.69 Å². The van der Waals surface area contributed by atoms with Crippen molar-refractivity contribution in [1.82, 2.24) is 15.2 Å². The molecule has 0 spiro atoms. The topological polar surface area (TPSA) is 126 Å². The molecule has 0 saturated carbocycles. The standard InChI is InChI=1S/C12H12N4O4S2/c13-12-14-5(4-22-12)3-7(17)15-8-9(18)16-6(11(19)20)1-2-21-10(8)16/h1,4,8,10H,2-3H2,(H2,13,14)(H,15,17)(H,19,20)/t8-,10-/m1/s1. The van der Waals surface area contributed by atoms with E-state index in [9.17, 15) is 14.4 Å². The molecule has 0 unspecified atom stereocenters. The minimum absolute atomic E-state index is 0.0217. The van der Waals surface area contributed by atoms with Crippen molar-refractivity contribution in [3.05, 3.63) is 22.8 Å². The smallest absolute Gasteiger partial charge is 0.352 e. The first-order valence-corrected chi connectivity index (χ1v) is 8.27. The predicted octanol–water partition coefficient (Wildman–Crippen LogP) is -0.364. The van der Waals surface area contributed by atoms with Crippen molar-refractivity contribution in [2.24, 2.45) is 0 Å². The number of carbonyl (C=O) groups excluding carboxylic acids is 2. The summed E-state index contributed by atoms with van der Waals surface area (Å²) in [6.07, 6.45) is 1.54. The lowest BCUT2D eigenvalue weighted by molar-refractivity contribution is -0.150. The van der Waals surface area contributed by atoms with Crippen molar-refractivity contribution < 1.29 is 19.5 Å². The van der Waals surface area contributed by atoms with Gasteiger partial charge in [-0.05, 0) is 6.08 Å². The highest BCUT2D eigenvalue weighted by Crippen LogP contribution is 2.37. The van der Waals surface area contributed by atoms with E-state index in [0.717, 1.165) is 0 Å². The SMILES string of the molecule is Nc1nc(CC(=O)N[C@@H]2C(=O)N3C(C(=O)O)=CCS[C@H]23)cs1. The third-order valence-electron chi connectivity index (χ3n) is 3.29. The number of aliphatic carboxylic acids is 1. The molecule has 2 aliphatic heterocycles. The molecule has 8 nitrogen and oxygen atoms in total. The van der Waals surface area contributed by atoms with Gasteiger partial charge in [-0.1, -0.05) is 0 Å². The molecule has 4 N–H and O–H groups in total. The number of hydrogen-bond acceptors (Lipinski definition) is 7. The van der Waals surface area contributed by atoms with Gasteiger partial charge in [0, 0.05) is 11.1 Å². The first-order chi connectivity index (χ1) is 10.5. The van der Waals surface area contributed by atoms with E-state index in [1.807, 2.05) is 0 Å². The number of thiazole rings is 1. The van der Waals surface area contributed by atoms with Crippen LogP contribution in [0, 0.1) is 0 Å². The van der Waals surface area contributed by atoms with Gasteiger partial charge in [-0.25, -0.2) is 9.78 Å². The molecule has 1 fully saturated rings. The monoisotopic (exact) mass is 340 g/mol. The third-order valence-corrected chi connectivity index (χ3v) is 5.20. The largest absolute Gasteiger partial charge is 0.477 e. The quantitative estimate of drug-likeness (QED) is 0.639. The van der Waals surface area contributed by atoms with Crippen molar-refractivity contribution >= 4 is 46.0 Å². The second-order valence-electron chi connectivity index (χ2n) is 4.73. The predicted molar refractivity (Wildman–Crippen MR) is 81.0 cm³/mol. The van der Waals surface area contributed by atoms with E-state index in [4.69, 9.17) is 10.8 Å². The van der Waals surface area contributed by atoms with Crippen molar-refractivity contribution in [3.8, 4) is 0 Å². The van der Waals surface area contributed by atoms with Crippen molar-refractivity contribution in [3.63, 3.8) is 0 Å². The molecule has 1 saturated heterocycles. The number of anilines is 1. The lowest BCUT2D eigenvalue weighted by atomic mass is 10.0. The summed E-state index contributed by atoms with van der Waals surface area (Å²) in [5.74, 6) is -1.39. The van der Waals surface area contributed by atoms with Crippen LogP contribution in [0.4, 0.5) is 5.13 Å². The van der Waals surface area contributed by atoms with E-state index in [1.165, 1.54) is 34.1 Å². The van der Waals surface area contributed by atoms with Gasteiger partial charge in [-0.2, -0.15) is 0 Å². The maximum atomic E-state index is 12.1. The number of rotatable bonds is 4. The van der Waals surface area contributed by atoms with E-state index < -0.39 is 17.9 Å². The fourth-order valence-corrected chi connectivity index (χ4v) is 4.09. The van der Waals surface area contributed by atoms with E-state index in [1.54, 1.807) is 5.38 Å². The maximum absolute atomic E-state index is 12.1. The van der Waals surface area contributed by atoms with Crippen LogP contribution in [0.15, 0.2) is 17.2 Å². The molecule has 116 valence electrons. The van der Waals surface area contributed by atoms with Gasteiger partial charge < -0.3 is 16.2 Å². The first kappa shape index (κ1) is 14.9. The number of fused-ring (bicyclic) bond motifs is 1. The number of nitrogens with two attached hydrogens (primary N) is 1. The Balaban J connectivity index is 1.63. The average molecular weight is 340 g/mol. The Labute approximate surface area is 133 Å². The van der Waals surface area contributed by atoms with E-state index >= 15 is 0 Å². The summed E-state index contributed by atoms with van der Waals surface area (Å²) in [7, 11) is 0. The minimum atomic E-state index is -1.14. The van der Waals surface area contributed by atoms with Crippen LogP contribution in [-0.2, 0) is 20.8 Å². The fourth-order valence-electron chi connectivity index (χ4n) is 2.33. The second-order valence-corrected chi connectivity index (χ2v) is 6.77. The lowest BCUT2D eigenvalue weighted by Gasteiger charge is -2.48. The van der Waals surface area contributed by atoms with Gasteiger partial charge in [0.2, 0.25) is 5.91 Å². The zero-order chi connectivity index (χ0) is 15.9. The van der Waals surface area contributed by atoms with Crippen LogP contribution in [0.2, 0.25) is 0 Å². The molecule has 0 radical (unpaired) electrons. The van der Waals surface area contributed by atoms with Crippen LogP contribution < -0.4 is 11.1 Å². The molecule has 2 aliphatic rings. The van der Waals surface area contributed by atoms with Crippen molar-refractivity contribution in [1.29, 1.82) is 0 Å². The molecule has 0 aliphatic carbocycles. The van der Waals surface area contributed by atoms with E-state index in [0.29, 0.717) is 16.6 Å². The number of amides is 2. The fraction of sp³-hybridized carbons (Fsp3) is 0.333. The molecule has 2 amide bonds. The first-order valence-electron chi connectivity index (χ1n) is 6.34. The number of β-lactam (4-membered cyclic amide) rings is 1. The molecule has 3 rings (SSSR count). The number of carbonyl (C=O) groups is 3. The maximum Gasteiger partial charge on any atom is 0.352 e. The van der Waals surface area contributed by atoms with Gasteiger partial charge in [0.15, 0.2) is 5.13 Å². The molecular weight excluding hydrogens is 328 g/mol. The summed E-state index contributed by atoms with van der Waals surface area (Å²) in [4.78, 5) is 40.3. The number of hydrogen-bond donors (Lipinski definition) is 3. The molecular formula is C12H12N4O4S2. The number of nitrogen functional groups attached to an aromatic ring is 1. The van der Waals surface area contributed by atoms with Gasteiger partial charge in [-0.15, -0.1) is 23.1 Å². The average Bonchev–Trinajstić information content (AvgIpc) is 2.88. The highest BCUT2D eigenvalue weighted by atomic mass is 32.2. The normalized spacial score (nSPS) is 23.4. The molecule has 0 aromatic carbocycles. The molecule has 0 bridgehead atoms. The van der Waals surface area contributed by atoms with Gasteiger partial charge in [0.05, 0.1) is 12.1 Å². The van der Waals surface area contributed by atoms with Crippen molar-refractivity contribution in [2.75, 3.05) is 11.5 Å². The Morgan fingerprint density at radius 3 is 2.95 bits per heavy atom. The number of thioether (sulfide) groups is 1. The number of carboxylic acids is 1. The van der Waals surface area contributed by atoms with E-state index in [-0.39, 0.29) is 23.4 Å². The van der Waals surface area contributed by atoms with Gasteiger partial charge in [0.25, 0.3) is 5.91 Å². The van der Waals surface area contributed by atoms with E-state index in [2.05, 4.69) is 10.3 Å². The highest BCUT2D eigenvalue weighted by molar-refractivity contribution is 8.00. The lowest BCUT2D eigenvalue weighted by Crippen LogP contribution is -2.70. The molecule has 10 heteroatoms. The summed E-state index contributed by atoms with van der Waals surface area (Å²) >= 11 is 2.66. The Morgan fingerprint density at radius 2 is 2.32 bits per heavy atom. The molecule has 1 aromatic heterocycles. The number of nitrogens with zero attached hydrogens (tertiary/aromatic N) is 2. The number of nitrogens with one attached hydrogen (secondary N) is 1. The Morgan fingerprint density at radius 1 is 1.55 bits per heavy atom. The minimum Gasteiger partial charge on any atom is -0.477 e. The summed E-state index contributed by atoms with van der Waals surface area (Å²) in [6.45, 7) is 0. The van der Waals surface area contributed by atoms with Gasteiger partial charge >= 0.3 is 5.97 Å². The summed E-state index contributed by atoms with van der Waals surface area (Å²) in [6, 6.07) is -0.698. The van der Waals surface area contributed by atoms with Crippen LogP contribution in [0.5, 0.6) is 0 Å². The molecule has 2 atom stereocenters. The zero-order valence-corrected chi connectivity index (χ0v) is 12.8. The Hall–Kier alpha value is -2.07. The van der Waals surface area contributed by atoms with Gasteiger partial charge in [0.1, 0.15) is 17.1 Å². The molecule has 22 heavy (non-hydrogen) atoms. The number of carboxylic acid groups (broad SMARTS) is 1. The summed E-state index contributed by atoms with van der Waals surface area (Å²) in [5.41, 5.74) is 6.02. The van der Waals surface area contributed by atoms with Crippen LogP contribution >= 0.6 is 23.1 Å². The number of aromatic nitrogens is 1. The highest BCUT2D eigenvalue weighted by Gasteiger charge is 2.52. The van der Waals surface area contributed by atoms with Crippen LogP contribution in [0.3, 0.4) is 0 Å². The van der Waals surface area contributed by atoms with Crippen molar-refractivity contribution in [2.45, 2.75) is 17.8 Å². The molecule has 3 heterocycles. The zero-order valence-electron chi connectivity index (χ0n) is 11.2. The summed E-state index contributed by atoms with van der Waals surface area (Å²) < 4.78 is 0. The molecule has 1 aromatic rings. The Bertz CT molecular complexity index is 686. The second kappa shape index (κ2) is 5.61. The van der Waals surface area contributed by atoms with Gasteiger partial charge in [-0.3, -0.25) is 14.5 Å². The Kier molecular flexibility index (Phi) is 3.79.